The van der Waals surface area contributed by atoms with Crippen molar-refractivity contribution in [3.05, 3.63) is 42.5 Å². The summed E-state index contributed by atoms with van der Waals surface area (Å²) in [6.07, 6.45) is 6.74. The van der Waals surface area contributed by atoms with Gasteiger partial charge in [0.25, 0.3) is 0 Å². The van der Waals surface area contributed by atoms with E-state index in [-0.39, 0.29) is 0 Å². The summed E-state index contributed by atoms with van der Waals surface area (Å²) in [7, 11) is 1.63. The number of nitriles is 1. The van der Waals surface area contributed by atoms with E-state index < -0.39 is 0 Å². The van der Waals surface area contributed by atoms with Crippen molar-refractivity contribution in [1.82, 2.24) is 14.9 Å². The lowest BCUT2D eigenvalue weighted by Gasteiger charge is -2.12. The molecule has 2 aromatic rings. The minimum atomic E-state index is 0.498. The molecule has 0 aliphatic rings. The van der Waals surface area contributed by atoms with Gasteiger partial charge in [-0.1, -0.05) is 6.07 Å². The highest BCUT2D eigenvalue weighted by Gasteiger charge is 2.06. The maximum absolute atomic E-state index is 8.55. The Morgan fingerprint density at radius 3 is 3.00 bits per heavy atom. The van der Waals surface area contributed by atoms with E-state index in [1.54, 1.807) is 13.3 Å². The van der Waals surface area contributed by atoms with Gasteiger partial charge in [0.2, 0.25) is 0 Å². The Hall–Kier alpha value is -2.52. The lowest BCUT2D eigenvalue weighted by atomic mass is 10.2. The summed E-state index contributed by atoms with van der Waals surface area (Å²) in [6.45, 7) is 3.02. The average molecular weight is 314 g/mol. The summed E-state index contributed by atoms with van der Waals surface area (Å²) in [5.74, 6) is 1.43. The maximum Gasteiger partial charge on any atom is 0.161 e. The number of aromatic nitrogens is 2. The molecule has 2 rings (SSSR count). The zero-order valence-electron chi connectivity index (χ0n) is 13.4. The van der Waals surface area contributed by atoms with Crippen LogP contribution in [0.3, 0.4) is 0 Å². The van der Waals surface area contributed by atoms with Gasteiger partial charge < -0.3 is 19.4 Å². The molecule has 0 atom stereocenters. The molecule has 0 saturated heterocycles. The van der Waals surface area contributed by atoms with Crippen LogP contribution in [-0.4, -0.2) is 29.8 Å². The molecule has 23 heavy (non-hydrogen) atoms. The predicted molar refractivity (Wildman–Crippen MR) is 87.3 cm³/mol. The largest absolute Gasteiger partial charge is 0.493 e. The van der Waals surface area contributed by atoms with Crippen LogP contribution < -0.4 is 14.8 Å². The first-order valence-corrected chi connectivity index (χ1v) is 7.66. The van der Waals surface area contributed by atoms with E-state index in [4.69, 9.17) is 14.7 Å². The van der Waals surface area contributed by atoms with E-state index >= 15 is 0 Å². The zero-order valence-corrected chi connectivity index (χ0v) is 13.4. The van der Waals surface area contributed by atoms with Gasteiger partial charge >= 0.3 is 0 Å². The number of methoxy groups -OCH3 is 1. The Labute approximate surface area is 136 Å². The molecule has 122 valence electrons. The molecule has 0 amide bonds. The van der Waals surface area contributed by atoms with Crippen LogP contribution in [0.1, 0.15) is 18.4 Å². The Balaban J connectivity index is 1.82. The fourth-order valence-corrected chi connectivity index (χ4v) is 2.14. The van der Waals surface area contributed by atoms with Crippen LogP contribution in [0.4, 0.5) is 0 Å². The minimum Gasteiger partial charge on any atom is -0.493 e. The van der Waals surface area contributed by atoms with E-state index in [1.165, 1.54) is 0 Å². The monoisotopic (exact) mass is 314 g/mol. The van der Waals surface area contributed by atoms with Crippen LogP contribution in [0.15, 0.2) is 36.9 Å². The summed E-state index contributed by atoms with van der Waals surface area (Å²) in [5.41, 5.74) is 1.13. The van der Waals surface area contributed by atoms with Crippen LogP contribution in [0, 0.1) is 11.3 Å². The SMILES string of the molecule is COc1ccc(CNCCn2ccnc2)cc1OCCCC#N. The summed E-state index contributed by atoms with van der Waals surface area (Å²) < 4.78 is 13.1. The van der Waals surface area contributed by atoms with Gasteiger partial charge in [-0.3, -0.25) is 0 Å². The highest BCUT2D eigenvalue weighted by atomic mass is 16.5. The van der Waals surface area contributed by atoms with E-state index in [0.717, 1.165) is 30.9 Å². The summed E-state index contributed by atoms with van der Waals surface area (Å²) in [4.78, 5) is 4.02. The fraction of sp³-hybridized carbons (Fsp3) is 0.412. The van der Waals surface area contributed by atoms with Crippen molar-refractivity contribution in [2.24, 2.45) is 0 Å². The molecule has 0 radical (unpaired) electrons. The summed E-state index contributed by atoms with van der Waals surface area (Å²) in [5, 5.41) is 11.9. The van der Waals surface area contributed by atoms with Gasteiger partial charge in [0.1, 0.15) is 0 Å². The third-order valence-electron chi connectivity index (χ3n) is 3.35. The van der Waals surface area contributed by atoms with Gasteiger partial charge in [0.15, 0.2) is 11.5 Å². The smallest absolute Gasteiger partial charge is 0.161 e. The second kappa shape index (κ2) is 9.49. The van der Waals surface area contributed by atoms with Gasteiger partial charge in [-0.25, -0.2) is 4.98 Å². The average Bonchev–Trinajstić information content (AvgIpc) is 3.09. The highest BCUT2D eigenvalue weighted by Crippen LogP contribution is 2.28. The molecule has 1 N–H and O–H groups in total. The van der Waals surface area contributed by atoms with E-state index in [1.807, 2.05) is 35.3 Å². The molecule has 0 spiro atoms. The van der Waals surface area contributed by atoms with Crippen molar-refractivity contribution in [2.75, 3.05) is 20.3 Å². The van der Waals surface area contributed by atoms with Crippen molar-refractivity contribution in [3.63, 3.8) is 0 Å². The van der Waals surface area contributed by atoms with Crippen molar-refractivity contribution in [2.45, 2.75) is 25.9 Å². The number of rotatable bonds is 10. The lowest BCUT2D eigenvalue weighted by Crippen LogP contribution is -2.19. The first-order valence-electron chi connectivity index (χ1n) is 7.66. The van der Waals surface area contributed by atoms with E-state index in [9.17, 15) is 0 Å². The molecular formula is C17H22N4O2. The minimum absolute atomic E-state index is 0.498. The van der Waals surface area contributed by atoms with Gasteiger partial charge in [-0.05, 0) is 24.1 Å². The van der Waals surface area contributed by atoms with Crippen molar-refractivity contribution in [1.29, 1.82) is 5.26 Å². The Kier molecular flexibility index (Phi) is 6.95. The number of nitrogens with zero attached hydrogens (tertiary/aromatic N) is 3. The van der Waals surface area contributed by atoms with Gasteiger partial charge in [-0.15, -0.1) is 0 Å². The summed E-state index contributed by atoms with van der Waals surface area (Å²) in [6, 6.07) is 8.02. The Morgan fingerprint density at radius 2 is 2.26 bits per heavy atom. The molecule has 6 nitrogen and oxygen atoms in total. The quantitative estimate of drug-likeness (QED) is 0.682. The molecule has 1 heterocycles. The molecule has 0 fully saturated rings. The number of hydrogen-bond donors (Lipinski definition) is 1. The number of nitrogens with one attached hydrogen (secondary N) is 1. The first kappa shape index (κ1) is 16.8. The number of unbranched alkanes of at least 4 members (excludes halogenated alkanes) is 1. The van der Waals surface area contributed by atoms with Gasteiger partial charge in [0, 0.05) is 38.4 Å². The zero-order chi connectivity index (χ0) is 16.3. The standard InChI is InChI=1S/C17H22N4O2/c1-22-16-5-4-15(12-17(16)23-11-3-2-6-18)13-19-7-9-21-10-8-20-14-21/h4-5,8,10,12,14,19H,2-3,7,9,11,13H2,1H3. The highest BCUT2D eigenvalue weighted by molar-refractivity contribution is 5.42. The Bertz CT molecular complexity index is 620. The van der Waals surface area contributed by atoms with Gasteiger partial charge in [0.05, 0.1) is 26.1 Å². The molecule has 1 aromatic carbocycles. The predicted octanol–water partition coefficient (Wildman–Crippen LogP) is 2.36. The third kappa shape index (κ3) is 5.64. The molecular weight excluding hydrogens is 292 g/mol. The number of benzene rings is 1. The van der Waals surface area contributed by atoms with Crippen LogP contribution in [-0.2, 0) is 13.1 Å². The fourth-order valence-electron chi connectivity index (χ4n) is 2.14. The van der Waals surface area contributed by atoms with Crippen LogP contribution in [0.5, 0.6) is 11.5 Å². The Morgan fingerprint density at radius 1 is 1.35 bits per heavy atom. The molecule has 6 heteroatoms. The van der Waals surface area contributed by atoms with Crippen molar-refractivity contribution in [3.8, 4) is 17.6 Å². The van der Waals surface area contributed by atoms with Gasteiger partial charge in [-0.2, -0.15) is 5.26 Å². The number of hydrogen-bond acceptors (Lipinski definition) is 5. The molecule has 0 bridgehead atoms. The molecule has 0 aliphatic heterocycles. The van der Waals surface area contributed by atoms with E-state index in [0.29, 0.717) is 25.2 Å². The van der Waals surface area contributed by atoms with Crippen molar-refractivity contribution >= 4 is 0 Å². The third-order valence-corrected chi connectivity index (χ3v) is 3.35. The van der Waals surface area contributed by atoms with E-state index in [2.05, 4.69) is 16.4 Å². The number of ether oxygens (including phenoxy) is 2. The van der Waals surface area contributed by atoms with Crippen molar-refractivity contribution < 1.29 is 9.47 Å². The topological polar surface area (TPSA) is 72.1 Å². The van der Waals surface area contributed by atoms with Crippen LogP contribution in [0.25, 0.3) is 0 Å². The summed E-state index contributed by atoms with van der Waals surface area (Å²) >= 11 is 0. The molecule has 0 unspecified atom stereocenters. The maximum atomic E-state index is 8.55. The molecule has 0 aliphatic carbocycles. The lowest BCUT2D eigenvalue weighted by molar-refractivity contribution is 0.290. The van der Waals surface area contributed by atoms with Crippen LogP contribution >= 0.6 is 0 Å². The molecule has 1 aromatic heterocycles. The second-order valence-corrected chi connectivity index (χ2v) is 5.07. The normalized spacial score (nSPS) is 10.3. The molecule has 0 saturated carbocycles. The number of imidazole rings is 1. The first-order chi connectivity index (χ1) is 11.3. The second-order valence-electron chi connectivity index (χ2n) is 5.07. The van der Waals surface area contributed by atoms with Crippen LogP contribution in [0.2, 0.25) is 0 Å².